The van der Waals surface area contributed by atoms with Crippen molar-refractivity contribution in [2.75, 3.05) is 11.9 Å². The van der Waals surface area contributed by atoms with E-state index in [1.165, 1.54) is 30.6 Å². The van der Waals surface area contributed by atoms with Crippen LogP contribution in [0.4, 0.5) is 19.0 Å². The number of rotatable bonds is 7. The molecule has 28 heavy (non-hydrogen) atoms. The molecule has 150 valence electrons. The van der Waals surface area contributed by atoms with E-state index in [2.05, 4.69) is 41.3 Å². The molecule has 0 radical (unpaired) electrons. The summed E-state index contributed by atoms with van der Waals surface area (Å²) in [6.45, 7) is 0.327. The zero-order chi connectivity index (χ0) is 20.7. The number of amides is 2. The molecule has 2 amide bonds. The van der Waals surface area contributed by atoms with Gasteiger partial charge in [0.15, 0.2) is 6.61 Å². The second-order valence-electron chi connectivity index (χ2n) is 5.55. The van der Waals surface area contributed by atoms with Gasteiger partial charge in [-0.2, -0.15) is 13.2 Å². The Morgan fingerprint density at radius 3 is 2.64 bits per heavy atom. The van der Waals surface area contributed by atoms with Crippen LogP contribution in [-0.2, 0) is 11.3 Å². The molecule has 0 saturated heterocycles. The smallest absolute Gasteiger partial charge is 0.422 e. The summed E-state index contributed by atoms with van der Waals surface area (Å²) in [4.78, 5) is 31.4. The number of nitrogens with zero attached hydrogens (tertiary/aromatic N) is 2. The lowest BCUT2D eigenvalue weighted by Crippen LogP contribution is -2.23. The topological polar surface area (TPSA) is 93.2 Å². The van der Waals surface area contributed by atoms with E-state index in [1.807, 2.05) is 0 Å². The van der Waals surface area contributed by atoms with Gasteiger partial charge in [-0.15, -0.1) is 0 Å². The fourth-order valence-electron chi connectivity index (χ4n) is 1.97. The number of carbonyl (C=O) groups excluding carboxylic acids is 2. The lowest BCUT2D eigenvalue weighted by molar-refractivity contribution is -0.154. The van der Waals surface area contributed by atoms with Gasteiger partial charge in [0, 0.05) is 30.9 Å². The number of alkyl halides is 3. The highest BCUT2D eigenvalue weighted by molar-refractivity contribution is 9.10. The molecule has 2 heterocycles. The van der Waals surface area contributed by atoms with Crippen LogP contribution >= 0.6 is 15.9 Å². The molecule has 0 aromatic carbocycles. The molecule has 11 heteroatoms. The van der Waals surface area contributed by atoms with E-state index in [9.17, 15) is 22.8 Å². The summed E-state index contributed by atoms with van der Waals surface area (Å²) >= 11 is 3.09. The van der Waals surface area contributed by atoms with Crippen molar-refractivity contribution in [2.45, 2.75) is 26.1 Å². The molecule has 7 nitrogen and oxygen atoms in total. The standard InChI is InChI=1S/C17H16BrF3N4O3/c1-2-14(26)25-13-6-11(3-4-22-13)15(27)23-7-10-5-12(18)16(24-8-10)28-9-17(19,20)21/h3-6,8H,2,7,9H2,1H3,(H,23,27)(H,22,25,26). The summed E-state index contributed by atoms with van der Waals surface area (Å²) in [5.74, 6) is -0.579. The zero-order valence-electron chi connectivity index (χ0n) is 14.6. The number of pyridine rings is 2. The van der Waals surface area contributed by atoms with Gasteiger partial charge in [-0.05, 0) is 39.7 Å². The second kappa shape index (κ2) is 9.49. The molecule has 2 N–H and O–H groups in total. The van der Waals surface area contributed by atoms with Crippen LogP contribution in [0.2, 0.25) is 0 Å². The molecule has 0 unspecified atom stereocenters. The zero-order valence-corrected chi connectivity index (χ0v) is 16.2. The van der Waals surface area contributed by atoms with Crippen molar-refractivity contribution in [3.05, 3.63) is 46.2 Å². The van der Waals surface area contributed by atoms with Crippen molar-refractivity contribution in [3.8, 4) is 5.88 Å². The Morgan fingerprint density at radius 2 is 2.00 bits per heavy atom. The van der Waals surface area contributed by atoms with Crippen LogP contribution < -0.4 is 15.4 Å². The fourth-order valence-corrected chi connectivity index (χ4v) is 2.48. The minimum atomic E-state index is -4.46. The van der Waals surface area contributed by atoms with Crippen LogP contribution in [0.25, 0.3) is 0 Å². The van der Waals surface area contributed by atoms with Crippen LogP contribution in [0.1, 0.15) is 29.3 Å². The molecule has 0 bridgehead atoms. The molecular formula is C17H16BrF3N4O3. The summed E-state index contributed by atoms with van der Waals surface area (Å²) in [5, 5.41) is 5.21. The van der Waals surface area contributed by atoms with Crippen molar-refractivity contribution < 1.29 is 27.5 Å². The van der Waals surface area contributed by atoms with Crippen molar-refractivity contribution >= 4 is 33.6 Å². The van der Waals surface area contributed by atoms with Gasteiger partial charge >= 0.3 is 6.18 Å². The predicted molar refractivity (Wildman–Crippen MR) is 97.8 cm³/mol. The quantitative estimate of drug-likeness (QED) is 0.659. The minimum absolute atomic E-state index is 0.0863. The number of aromatic nitrogens is 2. The molecule has 0 atom stereocenters. The van der Waals surface area contributed by atoms with Crippen LogP contribution in [0, 0.1) is 0 Å². The monoisotopic (exact) mass is 460 g/mol. The highest BCUT2D eigenvalue weighted by Gasteiger charge is 2.29. The second-order valence-corrected chi connectivity index (χ2v) is 6.40. The first-order valence-electron chi connectivity index (χ1n) is 8.06. The first-order valence-corrected chi connectivity index (χ1v) is 8.85. The van der Waals surface area contributed by atoms with Gasteiger partial charge < -0.3 is 15.4 Å². The molecule has 0 fully saturated rings. The van der Waals surface area contributed by atoms with Gasteiger partial charge in [0.2, 0.25) is 11.8 Å². The van der Waals surface area contributed by atoms with Crippen LogP contribution in [0.3, 0.4) is 0 Å². The minimum Gasteiger partial charge on any atom is -0.467 e. The molecule has 2 rings (SSSR count). The van der Waals surface area contributed by atoms with Crippen molar-refractivity contribution in [1.29, 1.82) is 0 Å². The van der Waals surface area contributed by atoms with E-state index >= 15 is 0 Å². The first kappa shape index (κ1) is 21.6. The molecule has 0 aliphatic rings. The van der Waals surface area contributed by atoms with Gasteiger partial charge in [0.1, 0.15) is 5.82 Å². The van der Waals surface area contributed by atoms with Crippen LogP contribution in [-0.4, -0.2) is 34.6 Å². The lowest BCUT2D eigenvalue weighted by atomic mass is 10.2. The average molecular weight is 461 g/mol. The van der Waals surface area contributed by atoms with Crippen molar-refractivity contribution in [2.24, 2.45) is 0 Å². The van der Waals surface area contributed by atoms with Gasteiger partial charge in [-0.25, -0.2) is 9.97 Å². The third kappa shape index (κ3) is 6.80. The molecule has 0 aliphatic heterocycles. The molecule has 0 spiro atoms. The fraction of sp³-hybridized carbons (Fsp3) is 0.294. The third-order valence-corrected chi connectivity index (χ3v) is 3.87. The Hall–Kier alpha value is -2.69. The molecule has 2 aromatic rings. The maximum Gasteiger partial charge on any atom is 0.422 e. The number of halogens is 4. The Balaban J connectivity index is 1.96. The Kier molecular flexibility index (Phi) is 7.32. The number of carbonyl (C=O) groups is 2. The molecular weight excluding hydrogens is 445 g/mol. The van der Waals surface area contributed by atoms with E-state index in [0.717, 1.165) is 0 Å². The van der Waals surface area contributed by atoms with E-state index in [4.69, 9.17) is 0 Å². The highest BCUT2D eigenvalue weighted by Crippen LogP contribution is 2.25. The number of anilines is 1. The van der Waals surface area contributed by atoms with E-state index in [-0.39, 0.29) is 35.0 Å². The maximum absolute atomic E-state index is 12.3. The van der Waals surface area contributed by atoms with Crippen LogP contribution in [0.15, 0.2) is 35.1 Å². The van der Waals surface area contributed by atoms with E-state index < -0.39 is 18.7 Å². The normalized spacial score (nSPS) is 11.0. The number of ether oxygens (including phenoxy) is 1. The molecule has 2 aromatic heterocycles. The first-order chi connectivity index (χ1) is 13.2. The van der Waals surface area contributed by atoms with E-state index in [0.29, 0.717) is 11.1 Å². The summed E-state index contributed by atoms with van der Waals surface area (Å²) in [6.07, 6.45) is -1.49. The lowest BCUT2D eigenvalue weighted by Gasteiger charge is -2.11. The van der Waals surface area contributed by atoms with Gasteiger partial charge in [-0.3, -0.25) is 9.59 Å². The predicted octanol–water partition coefficient (Wildman–Crippen LogP) is 3.46. The number of hydrogen-bond acceptors (Lipinski definition) is 5. The van der Waals surface area contributed by atoms with Crippen molar-refractivity contribution in [1.82, 2.24) is 15.3 Å². The Bertz CT molecular complexity index is 862. The van der Waals surface area contributed by atoms with Gasteiger partial charge in [0.05, 0.1) is 4.47 Å². The maximum atomic E-state index is 12.3. The van der Waals surface area contributed by atoms with E-state index in [1.54, 1.807) is 6.92 Å². The molecule has 0 saturated carbocycles. The van der Waals surface area contributed by atoms with Crippen molar-refractivity contribution in [3.63, 3.8) is 0 Å². The molecule has 0 aliphatic carbocycles. The Labute approximate surface area is 166 Å². The largest absolute Gasteiger partial charge is 0.467 e. The van der Waals surface area contributed by atoms with Gasteiger partial charge in [0.25, 0.3) is 5.91 Å². The summed E-state index contributed by atoms with van der Waals surface area (Å²) in [5.41, 5.74) is 0.840. The van der Waals surface area contributed by atoms with Crippen LogP contribution in [0.5, 0.6) is 5.88 Å². The summed E-state index contributed by atoms with van der Waals surface area (Å²) in [6, 6.07) is 4.42. The SMILES string of the molecule is CCC(=O)Nc1cc(C(=O)NCc2cnc(OCC(F)(F)F)c(Br)c2)ccn1. The Morgan fingerprint density at radius 1 is 1.25 bits per heavy atom. The summed E-state index contributed by atoms with van der Waals surface area (Å²) < 4.78 is 41.4. The number of nitrogens with one attached hydrogen (secondary N) is 2. The highest BCUT2D eigenvalue weighted by atomic mass is 79.9. The summed E-state index contributed by atoms with van der Waals surface area (Å²) in [7, 11) is 0. The average Bonchev–Trinajstić information content (AvgIpc) is 2.64. The number of hydrogen-bond donors (Lipinski definition) is 2. The third-order valence-electron chi connectivity index (χ3n) is 3.30. The van der Waals surface area contributed by atoms with Gasteiger partial charge in [-0.1, -0.05) is 6.92 Å².